The summed E-state index contributed by atoms with van der Waals surface area (Å²) in [6.45, 7) is 3.18. The quantitative estimate of drug-likeness (QED) is 0.623. The molecular formula is C16H17N3O4. The average Bonchev–Trinajstić information content (AvgIpc) is 2.96. The molecule has 0 unspecified atom stereocenters. The SMILES string of the molecule is C/C(=N/NC(=O)c1ccoc1C)c1ccccc1OCC(N)=O. The van der Waals surface area contributed by atoms with Gasteiger partial charge in [-0.05, 0) is 32.0 Å². The zero-order chi connectivity index (χ0) is 16.8. The predicted molar refractivity (Wildman–Crippen MR) is 84.3 cm³/mol. The summed E-state index contributed by atoms with van der Waals surface area (Å²) in [4.78, 5) is 22.8. The largest absolute Gasteiger partial charge is 0.483 e. The third kappa shape index (κ3) is 4.19. The molecule has 3 N–H and O–H groups in total. The number of nitrogens with zero attached hydrogens (tertiary/aromatic N) is 1. The maximum Gasteiger partial charge on any atom is 0.274 e. The van der Waals surface area contributed by atoms with Crippen LogP contribution in [-0.2, 0) is 4.79 Å². The maximum absolute atomic E-state index is 12.0. The molecule has 1 heterocycles. The number of nitrogens with one attached hydrogen (secondary N) is 1. The van der Waals surface area contributed by atoms with E-state index in [1.807, 2.05) is 0 Å². The molecule has 7 nitrogen and oxygen atoms in total. The molecular weight excluding hydrogens is 298 g/mol. The third-order valence-electron chi connectivity index (χ3n) is 3.08. The van der Waals surface area contributed by atoms with Gasteiger partial charge >= 0.3 is 0 Å². The highest BCUT2D eigenvalue weighted by Gasteiger charge is 2.12. The minimum absolute atomic E-state index is 0.231. The smallest absolute Gasteiger partial charge is 0.274 e. The first-order valence-corrected chi connectivity index (χ1v) is 6.88. The van der Waals surface area contributed by atoms with E-state index in [4.69, 9.17) is 14.9 Å². The topological polar surface area (TPSA) is 107 Å². The molecule has 0 bridgehead atoms. The monoisotopic (exact) mass is 315 g/mol. The number of hydrazone groups is 1. The lowest BCUT2D eigenvalue weighted by Gasteiger charge is -2.10. The molecule has 1 aromatic heterocycles. The van der Waals surface area contributed by atoms with Crippen molar-refractivity contribution in [3.05, 3.63) is 53.5 Å². The molecule has 0 aliphatic heterocycles. The summed E-state index contributed by atoms with van der Waals surface area (Å²) >= 11 is 0. The number of amides is 2. The van der Waals surface area contributed by atoms with Gasteiger partial charge in [-0.25, -0.2) is 5.43 Å². The van der Waals surface area contributed by atoms with Crippen LogP contribution >= 0.6 is 0 Å². The Morgan fingerprint density at radius 1 is 1.26 bits per heavy atom. The van der Waals surface area contributed by atoms with Gasteiger partial charge in [0.2, 0.25) is 0 Å². The fourth-order valence-electron chi connectivity index (χ4n) is 1.92. The second kappa shape index (κ2) is 7.26. The lowest BCUT2D eigenvalue weighted by Crippen LogP contribution is -2.21. The summed E-state index contributed by atoms with van der Waals surface area (Å²) in [5.41, 5.74) is 9.13. The number of benzene rings is 1. The average molecular weight is 315 g/mol. The number of furan rings is 1. The summed E-state index contributed by atoms with van der Waals surface area (Å²) < 4.78 is 10.4. The van der Waals surface area contributed by atoms with Gasteiger partial charge < -0.3 is 14.9 Å². The van der Waals surface area contributed by atoms with E-state index in [0.717, 1.165) is 0 Å². The van der Waals surface area contributed by atoms with Crippen LogP contribution in [0.4, 0.5) is 0 Å². The van der Waals surface area contributed by atoms with Gasteiger partial charge in [-0.2, -0.15) is 5.10 Å². The highest BCUT2D eigenvalue weighted by molar-refractivity contribution is 6.02. The van der Waals surface area contributed by atoms with Crippen LogP contribution in [0.15, 0.2) is 46.1 Å². The Labute approximate surface area is 133 Å². The van der Waals surface area contributed by atoms with Crippen molar-refractivity contribution >= 4 is 17.5 Å². The molecule has 0 saturated heterocycles. The third-order valence-corrected chi connectivity index (χ3v) is 3.08. The van der Waals surface area contributed by atoms with E-state index in [2.05, 4.69) is 10.5 Å². The highest BCUT2D eigenvalue weighted by Crippen LogP contribution is 2.18. The molecule has 0 atom stereocenters. The van der Waals surface area contributed by atoms with Gasteiger partial charge in [-0.15, -0.1) is 0 Å². The van der Waals surface area contributed by atoms with Crippen molar-refractivity contribution in [2.45, 2.75) is 13.8 Å². The number of carbonyl (C=O) groups is 2. The van der Waals surface area contributed by atoms with Crippen LogP contribution < -0.4 is 15.9 Å². The van der Waals surface area contributed by atoms with Crippen LogP contribution in [0.25, 0.3) is 0 Å². The molecule has 2 rings (SSSR count). The Morgan fingerprint density at radius 2 is 2.00 bits per heavy atom. The molecule has 0 radical (unpaired) electrons. The molecule has 23 heavy (non-hydrogen) atoms. The molecule has 0 aliphatic carbocycles. The fourth-order valence-corrected chi connectivity index (χ4v) is 1.92. The molecule has 2 aromatic rings. The number of hydrogen-bond donors (Lipinski definition) is 2. The van der Waals surface area contributed by atoms with Gasteiger partial charge in [0.1, 0.15) is 11.5 Å². The molecule has 2 amide bonds. The van der Waals surface area contributed by atoms with E-state index in [1.165, 1.54) is 6.26 Å². The van der Waals surface area contributed by atoms with Crippen molar-refractivity contribution in [3.8, 4) is 5.75 Å². The first-order valence-electron chi connectivity index (χ1n) is 6.88. The van der Waals surface area contributed by atoms with E-state index in [-0.39, 0.29) is 12.5 Å². The molecule has 120 valence electrons. The van der Waals surface area contributed by atoms with Gasteiger partial charge in [-0.3, -0.25) is 9.59 Å². The summed E-state index contributed by atoms with van der Waals surface area (Å²) in [7, 11) is 0. The van der Waals surface area contributed by atoms with Gasteiger partial charge in [0.05, 0.1) is 17.5 Å². The van der Waals surface area contributed by atoms with Gasteiger partial charge in [-0.1, -0.05) is 12.1 Å². The maximum atomic E-state index is 12.0. The van der Waals surface area contributed by atoms with Crippen LogP contribution in [0, 0.1) is 6.92 Å². The Balaban J connectivity index is 2.13. The Kier molecular flexibility index (Phi) is 5.14. The highest BCUT2D eigenvalue weighted by atomic mass is 16.5. The molecule has 0 aliphatic rings. The normalized spacial score (nSPS) is 11.1. The van der Waals surface area contributed by atoms with Crippen LogP contribution in [0.5, 0.6) is 5.75 Å². The number of aryl methyl sites for hydroxylation is 1. The summed E-state index contributed by atoms with van der Waals surface area (Å²) in [5.74, 6) is 0.0334. The minimum atomic E-state index is -0.571. The standard InChI is InChI=1S/C16H17N3O4/c1-10(18-19-16(21)13-7-8-22-11(13)2)12-5-3-4-6-14(12)23-9-15(17)20/h3-8H,9H2,1-2H3,(H2,17,20)(H,19,21)/b18-10-. The first kappa shape index (κ1) is 16.3. The van der Waals surface area contributed by atoms with Gasteiger partial charge in [0.25, 0.3) is 11.8 Å². The molecule has 7 heteroatoms. The summed E-state index contributed by atoms with van der Waals surface area (Å²) in [6, 6.07) is 8.59. The minimum Gasteiger partial charge on any atom is -0.483 e. The number of carbonyl (C=O) groups excluding carboxylic acids is 2. The summed E-state index contributed by atoms with van der Waals surface area (Å²) in [5, 5.41) is 4.06. The second-order valence-corrected chi connectivity index (χ2v) is 4.78. The van der Waals surface area contributed by atoms with Crippen molar-refractivity contribution < 1.29 is 18.7 Å². The second-order valence-electron chi connectivity index (χ2n) is 4.78. The number of nitrogens with two attached hydrogens (primary N) is 1. The molecule has 0 saturated carbocycles. The number of hydrogen-bond acceptors (Lipinski definition) is 5. The Bertz CT molecular complexity index is 749. The Hall–Kier alpha value is -3.09. The van der Waals surface area contributed by atoms with E-state index < -0.39 is 5.91 Å². The summed E-state index contributed by atoms with van der Waals surface area (Å²) in [6.07, 6.45) is 1.44. The van der Waals surface area contributed by atoms with Crippen molar-refractivity contribution in [1.29, 1.82) is 0 Å². The van der Waals surface area contributed by atoms with Crippen LogP contribution in [-0.4, -0.2) is 24.1 Å². The van der Waals surface area contributed by atoms with Crippen LogP contribution in [0.2, 0.25) is 0 Å². The zero-order valence-electron chi connectivity index (χ0n) is 12.8. The number of primary amides is 1. The van der Waals surface area contributed by atoms with Gasteiger partial charge in [0, 0.05) is 5.56 Å². The van der Waals surface area contributed by atoms with Crippen LogP contribution in [0.3, 0.4) is 0 Å². The van der Waals surface area contributed by atoms with Crippen molar-refractivity contribution in [2.24, 2.45) is 10.8 Å². The number of ether oxygens (including phenoxy) is 1. The number of para-hydroxylation sites is 1. The lowest BCUT2D eigenvalue weighted by atomic mass is 10.1. The number of rotatable bonds is 6. The first-order chi connectivity index (χ1) is 11.0. The zero-order valence-corrected chi connectivity index (χ0v) is 12.8. The van der Waals surface area contributed by atoms with Crippen LogP contribution in [0.1, 0.15) is 28.6 Å². The lowest BCUT2D eigenvalue weighted by molar-refractivity contribution is -0.119. The van der Waals surface area contributed by atoms with E-state index >= 15 is 0 Å². The van der Waals surface area contributed by atoms with Crippen molar-refractivity contribution in [1.82, 2.24) is 5.43 Å². The van der Waals surface area contributed by atoms with Gasteiger partial charge in [0.15, 0.2) is 6.61 Å². The molecule has 1 aromatic carbocycles. The Morgan fingerprint density at radius 3 is 2.65 bits per heavy atom. The molecule has 0 spiro atoms. The van der Waals surface area contributed by atoms with E-state index in [9.17, 15) is 9.59 Å². The van der Waals surface area contributed by atoms with Crippen molar-refractivity contribution in [3.63, 3.8) is 0 Å². The molecule has 0 fully saturated rings. The van der Waals surface area contributed by atoms with E-state index in [0.29, 0.717) is 28.3 Å². The fraction of sp³-hybridized carbons (Fsp3) is 0.188. The van der Waals surface area contributed by atoms with E-state index in [1.54, 1.807) is 44.2 Å². The van der Waals surface area contributed by atoms with Crippen molar-refractivity contribution in [2.75, 3.05) is 6.61 Å². The predicted octanol–water partition coefficient (Wildman–Crippen LogP) is 1.61.